The van der Waals surface area contributed by atoms with E-state index in [4.69, 9.17) is 21.3 Å². The molecule has 0 spiro atoms. The van der Waals surface area contributed by atoms with Gasteiger partial charge in [0.25, 0.3) is 0 Å². The lowest BCUT2D eigenvalue weighted by Crippen LogP contribution is -2.46. The summed E-state index contributed by atoms with van der Waals surface area (Å²) in [7, 11) is 0. The molecule has 2 aliphatic heterocycles. The molecule has 2 fully saturated rings. The van der Waals surface area contributed by atoms with Crippen LogP contribution in [-0.4, -0.2) is 24.6 Å². The maximum absolute atomic E-state index is 6.48. The molecule has 1 aromatic rings. The van der Waals surface area contributed by atoms with Gasteiger partial charge in [-0.1, -0.05) is 29.8 Å². The highest BCUT2D eigenvalue weighted by atomic mass is 35.5. The SMILES string of the molecule is Clc1ccccc1[C@]12CCC[C@@H](C1)OC(C1CCCN1)=N2. The number of benzene rings is 1. The fraction of sp³-hybridized carbons (Fsp3) is 0.588. The summed E-state index contributed by atoms with van der Waals surface area (Å²) in [5.41, 5.74) is 1.01. The molecule has 0 aromatic heterocycles. The van der Waals surface area contributed by atoms with Crippen molar-refractivity contribution < 1.29 is 4.74 Å². The highest BCUT2D eigenvalue weighted by Crippen LogP contribution is 2.47. The van der Waals surface area contributed by atoms with E-state index in [0.29, 0.717) is 12.1 Å². The Morgan fingerprint density at radius 2 is 2.14 bits per heavy atom. The van der Waals surface area contributed by atoms with E-state index < -0.39 is 0 Å². The predicted molar refractivity (Wildman–Crippen MR) is 84.9 cm³/mol. The van der Waals surface area contributed by atoms with Gasteiger partial charge in [-0.2, -0.15) is 0 Å². The van der Waals surface area contributed by atoms with Gasteiger partial charge < -0.3 is 10.1 Å². The number of nitrogens with one attached hydrogen (secondary N) is 1. The average Bonchev–Trinajstić information content (AvgIpc) is 3.01. The normalized spacial score (nSPS) is 35.2. The molecular formula is C17H21ClN2O. The first-order valence-electron chi connectivity index (χ1n) is 8.02. The van der Waals surface area contributed by atoms with Crippen molar-refractivity contribution in [2.45, 2.75) is 56.2 Å². The van der Waals surface area contributed by atoms with Crippen molar-refractivity contribution in [3.05, 3.63) is 34.9 Å². The summed E-state index contributed by atoms with van der Waals surface area (Å²) in [6.45, 7) is 1.07. The number of fused-ring (bicyclic) bond motifs is 2. The highest BCUT2D eigenvalue weighted by Gasteiger charge is 2.45. The zero-order valence-electron chi connectivity index (χ0n) is 12.1. The number of nitrogens with zero attached hydrogens (tertiary/aromatic N) is 1. The second-order valence-corrected chi connectivity index (χ2v) is 6.85. The van der Waals surface area contributed by atoms with Crippen LogP contribution in [-0.2, 0) is 10.3 Å². The Bertz CT molecular complexity index is 568. The van der Waals surface area contributed by atoms with E-state index in [-0.39, 0.29) is 5.54 Å². The van der Waals surface area contributed by atoms with Gasteiger partial charge in [0, 0.05) is 11.4 Å². The van der Waals surface area contributed by atoms with Crippen LogP contribution in [0.4, 0.5) is 0 Å². The first-order chi connectivity index (χ1) is 10.3. The van der Waals surface area contributed by atoms with Crippen LogP contribution in [0, 0.1) is 0 Å². The van der Waals surface area contributed by atoms with Crippen LogP contribution in [0.2, 0.25) is 5.02 Å². The number of hydrogen-bond acceptors (Lipinski definition) is 3. The van der Waals surface area contributed by atoms with Crippen molar-refractivity contribution in [2.24, 2.45) is 4.99 Å². The van der Waals surface area contributed by atoms with E-state index in [1.165, 1.54) is 12.0 Å². The molecule has 3 aliphatic rings. The smallest absolute Gasteiger partial charge is 0.202 e. The first kappa shape index (κ1) is 13.6. The number of ether oxygens (including phenoxy) is 1. The quantitative estimate of drug-likeness (QED) is 0.904. The third-order valence-corrected chi connectivity index (χ3v) is 5.36. The molecule has 2 heterocycles. The third-order valence-electron chi connectivity index (χ3n) is 5.03. The second-order valence-electron chi connectivity index (χ2n) is 6.45. The van der Waals surface area contributed by atoms with Gasteiger partial charge in [-0.15, -0.1) is 0 Å². The lowest BCUT2D eigenvalue weighted by molar-refractivity contribution is 0.0656. The van der Waals surface area contributed by atoms with Crippen LogP contribution in [0.15, 0.2) is 29.3 Å². The monoisotopic (exact) mass is 304 g/mol. The summed E-state index contributed by atoms with van der Waals surface area (Å²) in [5, 5.41) is 4.35. The Kier molecular flexibility index (Phi) is 3.43. The van der Waals surface area contributed by atoms with Crippen LogP contribution in [0.25, 0.3) is 0 Å². The highest BCUT2D eigenvalue weighted by molar-refractivity contribution is 6.31. The van der Waals surface area contributed by atoms with Gasteiger partial charge in [-0.25, -0.2) is 4.99 Å². The van der Waals surface area contributed by atoms with Crippen LogP contribution in [0.5, 0.6) is 0 Å². The zero-order valence-corrected chi connectivity index (χ0v) is 12.9. The molecule has 4 heteroatoms. The molecule has 3 nitrogen and oxygen atoms in total. The molecule has 1 aromatic carbocycles. The largest absolute Gasteiger partial charge is 0.476 e. The van der Waals surface area contributed by atoms with Crippen LogP contribution >= 0.6 is 11.6 Å². The van der Waals surface area contributed by atoms with Crippen LogP contribution in [0.3, 0.4) is 0 Å². The molecular weight excluding hydrogens is 284 g/mol. The van der Waals surface area contributed by atoms with Crippen molar-refractivity contribution in [3.8, 4) is 0 Å². The molecule has 3 atom stereocenters. The van der Waals surface area contributed by atoms with Crippen molar-refractivity contribution >= 4 is 17.5 Å². The second kappa shape index (κ2) is 5.29. The average molecular weight is 305 g/mol. The van der Waals surface area contributed by atoms with Gasteiger partial charge in [0.05, 0.1) is 11.6 Å². The molecule has 21 heavy (non-hydrogen) atoms. The fourth-order valence-corrected chi connectivity index (χ4v) is 4.32. The fourth-order valence-electron chi connectivity index (χ4n) is 4.01. The molecule has 1 aliphatic carbocycles. The zero-order chi connectivity index (χ0) is 14.3. The van der Waals surface area contributed by atoms with E-state index in [2.05, 4.69) is 17.4 Å². The summed E-state index contributed by atoms with van der Waals surface area (Å²) in [6, 6.07) is 8.48. The standard InChI is InChI=1S/C17H21ClN2O/c18-14-7-2-1-6-13(14)17-9-3-5-12(11-17)21-16(20-17)15-8-4-10-19-15/h1-2,6-7,12,15,19H,3-5,8-11H2/t12-,15?,17-/m0/s1. The number of halogens is 1. The Morgan fingerprint density at radius 1 is 1.24 bits per heavy atom. The molecule has 1 saturated carbocycles. The minimum atomic E-state index is -0.168. The topological polar surface area (TPSA) is 33.6 Å². The predicted octanol–water partition coefficient (Wildman–Crippen LogP) is 3.66. The maximum atomic E-state index is 6.48. The molecule has 1 N–H and O–H groups in total. The molecule has 2 bridgehead atoms. The van der Waals surface area contributed by atoms with Gasteiger partial charge in [-0.05, 0) is 50.3 Å². The summed E-state index contributed by atoms with van der Waals surface area (Å²) >= 11 is 6.48. The first-order valence-corrected chi connectivity index (χ1v) is 8.39. The van der Waals surface area contributed by atoms with Crippen molar-refractivity contribution in [1.82, 2.24) is 5.32 Å². The van der Waals surface area contributed by atoms with Gasteiger partial charge in [0.1, 0.15) is 6.10 Å². The van der Waals surface area contributed by atoms with Gasteiger partial charge in [0.15, 0.2) is 0 Å². The Labute approximate surface area is 130 Å². The van der Waals surface area contributed by atoms with Crippen molar-refractivity contribution in [3.63, 3.8) is 0 Å². The van der Waals surface area contributed by atoms with Gasteiger partial charge >= 0.3 is 0 Å². The van der Waals surface area contributed by atoms with E-state index >= 15 is 0 Å². The molecule has 4 rings (SSSR count). The number of rotatable bonds is 2. The minimum Gasteiger partial charge on any atom is -0.476 e. The minimum absolute atomic E-state index is 0.168. The summed E-state index contributed by atoms with van der Waals surface area (Å²) in [6.07, 6.45) is 6.97. The van der Waals surface area contributed by atoms with Crippen LogP contribution < -0.4 is 5.32 Å². The van der Waals surface area contributed by atoms with E-state index in [0.717, 1.165) is 49.6 Å². The van der Waals surface area contributed by atoms with E-state index in [1.807, 2.05) is 12.1 Å². The summed E-state index contributed by atoms with van der Waals surface area (Å²) < 4.78 is 6.17. The molecule has 0 amide bonds. The molecule has 0 radical (unpaired) electrons. The lowest BCUT2D eigenvalue weighted by atomic mass is 9.75. The Hall–Kier alpha value is -1.06. The van der Waals surface area contributed by atoms with E-state index in [1.54, 1.807) is 0 Å². The third kappa shape index (κ3) is 2.36. The van der Waals surface area contributed by atoms with E-state index in [9.17, 15) is 0 Å². The van der Waals surface area contributed by atoms with Gasteiger partial charge in [-0.3, -0.25) is 0 Å². The molecule has 1 saturated heterocycles. The van der Waals surface area contributed by atoms with Gasteiger partial charge in [0.2, 0.25) is 5.90 Å². The maximum Gasteiger partial charge on any atom is 0.202 e. The van der Waals surface area contributed by atoms with Crippen molar-refractivity contribution in [1.29, 1.82) is 0 Å². The Balaban J connectivity index is 1.77. The molecule has 1 unspecified atom stereocenters. The van der Waals surface area contributed by atoms with Crippen molar-refractivity contribution in [2.75, 3.05) is 6.54 Å². The lowest BCUT2D eigenvalue weighted by Gasteiger charge is -2.44. The van der Waals surface area contributed by atoms with Crippen LogP contribution in [0.1, 0.15) is 44.1 Å². The number of aliphatic imine (C=N–C) groups is 1. The number of hydrogen-bond donors (Lipinski definition) is 1. The molecule has 112 valence electrons. The summed E-state index contributed by atoms with van der Waals surface area (Å²) in [5.74, 6) is 0.920. The summed E-state index contributed by atoms with van der Waals surface area (Å²) in [4.78, 5) is 5.09. The Morgan fingerprint density at radius 3 is 2.95 bits per heavy atom.